The maximum Gasteiger partial charge on any atom is 0.255 e. The Morgan fingerprint density at radius 3 is 3.19 bits per heavy atom. The monoisotopic (exact) mass is 358 g/mol. The molecule has 1 aliphatic heterocycles. The van der Waals surface area contributed by atoms with Crippen LogP contribution in [0.4, 0.5) is 0 Å². The van der Waals surface area contributed by atoms with Gasteiger partial charge in [-0.05, 0) is 37.4 Å². The van der Waals surface area contributed by atoms with Crippen molar-refractivity contribution in [3.05, 3.63) is 36.0 Å². The minimum atomic E-state index is -0.146. The predicted molar refractivity (Wildman–Crippen MR) is 99.2 cm³/mol. The number of nitrogens with zero attached hydrogens (tertiary/aromatic N) is 2. The third kappa shape index (κ3) is 4.42. The highest BCUT2D eigenvalue weighted by atomic mass is 16.5. The van der Waals surface area contributed by atoms with Gasteiger partial charge in [0.1, 0.15) is 5.75 Å². The van der Waals surface area contributed by atoms with Crippen LogP contribution in [-0.4, -0.2) is 66.0 Å². The van der Waals surface area contributed by atoms with Crippen molar-refractivity contribution in [3.8, 4) is 17.0 Å². The van der Waals surface area contributed by atoms with E-state index in [4.69, 9.17) is 4.74 Å². The minimum Gasteiger partial charge on any atom is -0.497 e. The first-order chi connectivity index (χ1) is 12.7. The number of nitrogens with one attached hydrogen (secondary N) is 2. The molecule has 2 aromatic rings. The van der Waals surface area contributed by atoms with Gasteiger partial charge >= 0.3 is 0 Å². The van der Waals surface area contributed by atoms with Crippen molar-refractivity contribution in [1.29, 1.82) is 0 Å². The summed E-state index contributed by atoms with van der Waals surface area (Å²) in [6, 6.07) is 7.52. The lowest BCUT2D eigenvalue weighted by molar-refractivity contribution is 0.0931. The summed E-state index contributed by atoms with van der Waals surface area (Å²) in [6.45, 7) is 3.51. The van der Waals surface area contributed by atoms with Crippen LogP contribution in [0.1, 0.15) is 23.2 Å². The van der Waals surface area contributed by atoms with Gasteiger partial charge in [0.15, 0.2) is 0 Å². The van der Waals surface area contributed by atoms with Gasteiger partial charge in [-0.25, -0.2) is 0 Å². The van der Waals surface area contributed by atoms with Crippen LogP contribution in [0.5, 0.6) is 5.75 Å². The number of aliphatic hydroxyl groups is 1. The molecule has 1 aromatic carbocycles. The molecule has 1 aromatic heterocycles. The molecule has 3 rings (SSSR count). The van der Waals surface area contributed by atoms with E-state index in [2.05, 4.69) is 20.4 Å². The fourth-order valence-corrected chi connectivity index (χ4v) is 3.38. The van der Waals surface area contributed by atoms with Crippen LogP contribution < -0.4 is 10.1 Å². The zero-order valence-corrected chi connectivity index (χ0v) is 15.1. The van der Waals surface area contributed by atoms with Crippen molar-refractivity contribution in [2.24, 2.45) is 5.92 Å². The number of piperidine rings is 1. The number of amides is 1. The second kappa shape index (κ2) is 8.82. The SMILES string of the molecule is COc1cccc(-c2[nH]ncc2C(=O)NCCN2CCCC(CO)C2)c1. The first-order valence-electron chi connectivity index (χ1n) is 9.00. The van der Waals surface area contributed by atoms with E-state index in [0.717, 1.165) is 43.8 Å². The third-order valence-corrected chi connectivity index (χ3v) is 4.82. The molecule has 140 valence electrons. The predicted octanol–water partition coefficient (Wildman–Crippen LogP) is 1.52. The van der Waals surface area contributed by atoms with Crippen LogP contribution in [0.3, 0.4) is 0 Å². The van der Waals surface area contributed by atoms with Crippen molar-refractivity contribution in [2.75, 3.05) is 39.9 Å². The van der Waals surface area contributed by atoms with Crippen LogP contribution in [0.2, 0.25) is 0 Å². The highest BCUT2D eigenvalue weighted by Crippen LogP contribution is 2.25. The highest BCUT2D eigenvalue weighted by Gasteiger charge is 2.20. The Labute approximate surface area is 153 Å². The van der Waals surface area contributed by atoms with E-state index in [9.17, 15) is 9.90 Å². The van der Waals surface area contributed by atoms with E-state index in [-0.39, 0.29) is 12.5 Å². The normalized spacial score (nSPS) is 17.8. The van der Waals surface area contributed by atoms with Crippen LogP contribution in [0, 0.1) is 5.92 Å². The number of H-pyrrole nitrogens is 1. The zero-order chi connectivity index (χ0) is 18.4. The lowest BCUT2D eigenvalue weighted by Crippen LogP contribution is -2.41. The van der Waals surface area contributed by atoms with Gasteiger partial charge in [0.25, 0.3) is 5.91 Å². The van der Waals surface area contributed by atoms with Gasteiger partial charge < -0.3 is 20.1 Å². The van der Waals surface area contributed by atoms with Crippen molar-refractivity contribution in [3.63, 3.8) is 0 Å². The Morgan fingerprint density at radius 1 is 1.50 bits per heavy atom. The molecule has 3 N–H and O–H groups in total. The van der Waals surface area contributed by atoms with E-state index in [1.54, 1.807) is 13.3 Å². The Hall–Kier alpha value is -2.38. The summed E-state index contributed by atoms with van der Waals surface area (Å²) in [5, 5.41) is 19.2. The molecule has 1 atom stereocenters. The Bertz CT molecular complexity index is 731. The second-order valence-corrected chi connectivity index (χ2v) is 6.64. The van der Waals surface area contributed by atoms with Crippen molar-refractivity contribution >= 4 is 5.91 Å². The smallest absolute Gasteiger partial charge is 0.255 e. The number of hydrogen-bond acceptors (Lipinski definition) is 5. The van der Waals surface area contributed by atoms with Crippen molar-refractivity contribution < 1.29 is 14.6 Å². The molecular weight excluding hydrogens is 332 g/mol. The maximum atomic E-state index is 12.6. The van der Waals surface area contributed by atoms with Crippen molar-refractivity contribution in [1.82, 2.24) is 20.4 Å². The molecule has 0 saturated carbocycles. The number of aromatic nitrogens is 2. The molecule has 26 heavy (non-hydrogen) atoms. The number of likely N-dealkylation sites (tertiary alicyclic amines) is 1. The number of methoxy groups -OCH3 is 1. The van der Waals surface area contributed by atoms with Gasteiger partial charge in [-0.2, -0.15) is 5.10 Å². The van der Waals surface area contributed by atoms with Gasteiger partial charge in [-0.15, -0.1) is 0 Å². The number of aliphatic hydroxyl groups excluding tert-OH is 1. The first kappa shape index (κ1) is 18.4. The Kier molecular flexibility index (Phi) is 6.25. The van der Waals surface area contributed by atoms with Crippen LogP contribution in [0.25, 0.3) is 11.3 Å². The highest BCUT2D eigenvalue weighted by molar-refractivity contribution is 5.99. The van der Waals surface area contributed by atoms with Gasteiger partial charge in [-0.3, -0.25) is 9.89 Å². The molecule has 2 heterocycles. The molecular formula is C19H26N4O3. The molecule has 1 aliphatic rings. The molecule has 0 spiro atoms. The van der Waals surface area contributed by atoms with Gasteiger partial charge in [0.05, 0.1) is 24.6 Å². The summed E-state index contributed by atoms with van der Waals surface area (Å²) >= 11 is 0. The topological polar surface area (TPSA) is 90.5 Å². The summed E-state index contributed by atoms with van der Waals surface area (Å²) in [4.78, 5) is 14.9. The van der Waals surface area contributed by atoms with E-state index in [0.29, 0.717) is 23.7 Å². The Balaban J connectivity index is 1.58. The molecule has 0 bridgehead atoms. The average molecular weight is 358 g/mol. The lowest BCUT2D eigenvalue weighted by Gasteiger charge is -2.31. The first-order valence-corrected chi connectivity index (χ1v) is 9.00. The number of aromatic amines is 1. The molecule has 1 saturated heterocycles. The van der Waals surface area contributed by atoms with Gasteiger partial charge in [0.2, 0.25) is 0 Å². The van der Waals surface area contributed by atoms with Crippen LogP contribution in [-0.2, 0) is 0 Å². The maximum absolute atomic E-state index is 12.6. The summed E-state index contributed by atoms with van der Waals surface area (Å²) in [5.74, 6) is 0.937. The molecule has 7 nitrogen and oxygen atoms in total. The fraction of sp³-hybridized carbons (Fsp3) is 0.474. The fourth-order valence-electron chi connectivity index (χ4n) is 3.38. The standard InChI is InChI=1S/C19H26N4O3/c1-26-16-6-2-5-15(10-16)18-17(11-21-22-18)19(25)20-7-9-23-8-3-4-14(12-23)13-24/h2,5-6,10-11,14,24H,3-4,7-9,12-13H2,1H3,(H,20,25)(H,21,22). The molecule has 0 radical (unpaired) electrons. The molecule has 1 amide bonds. The zero-order valence-electron chi connectivity index (χ0n) is 15.1. The summed E-state index contributed by atoms with van der Waals surface area (Å²) < 4.78 is 5.25. The van der Waals surface area contributed by atoms with E-state index in [1.807, 2.05) is 24.3 Å². The van der Waals surface area contributed by atoms with E-state index >= 15 is 0 Å². The van der Waals surface area contributed by atoms with Gasteiger partial charge in [-0.1, -0.05) is 12.1 Å². The van der Waals surface area contributed by atoms with E-state index < -0.39 is 0 Å². The largest absolute Gasteiger partial charge is 0.497 e. The Morgan fingerprint density at radius 2 is 2.38 bits per heavy atom. The summed E-state index contributed by atoms with van der Waals surface area (Å²) in [5.41, 5.74) is 2.05. The minimum absolute atomic E-state index is 0.146. The summed E-state index contributed by atoms with van der Waals surface area (Å²) in [6.07, 6.45) is 3.73. The van der Waals surface area contributed by atoms with Gasteiger partial charge in [0, 0.05) is 31.8 Å². The number of benzene rings is 1. The lowest BCUT2D eigenvalue weighted by atomic mass is 9.99. The number of ether oxygens (including phenoxy) is 1. The average Bonchev–Trinajstić information content (AvgIpc) is 3.18. The van der Waals surface area contributed by atoms with Crippen molar-refractivity contribution in [2.45, 2.75) is 12.8 Å². The molecule has 0 aliphatic carbocycles. The molecule has 1 fully saturated rings. The molecule has 1 unspecified atom stereocenters. The number of carbonyl (C=O) groups excluding carboxylic acids is 1. The second-order valence-electron chi connectivity index (χ2n) is 6.64. The third-order valence-electron chi connectivity index (χ3n) is 4.82. The van der Waals surface area contributed by atoms with Crippen LogP contribution >= 0.6 is 0 Å². The quantitative estimate of drug-likeness (QED) is 0.698. The number of rotatable bonds is 7. The van der Waals surface area contributed by atoms with E-state index in [1.165, 1.54) is 0 Å². The van der Waals surface area contributed by atoms with Crippen LogP contribution in [0.15, 0.2) is 30.5 Å². The number of hydrogen-bond donors (Lipinski definition) is 3. The molecule has 7 heteroatoms. The summed E-state index contributed by atoms with van der Waals surface area (Å²) in [7, 11) is 1.61. The number of carbonyl (C=O) groups is 1.